The smallest absolute Gasteiger partial charge is 0.232 e. The van der Waals surface area contributed by atoms with E-state index < -0.39 is 10.0 Å². The molecule has 2 N–H and O–H groups in total. The van der Waals surface area contributed by atoms with Crippen molar-refractivity contribution in [2.45, 2.75) is 104 Å². The van der Waals surface area contributed by atoms with Gasteiger partial charge in [-0.15, -0.1) is 0 Å². The molecule has 28 heavy (non-hydrogen) atoms. The first-order chi connectivity index (χ1) is 13.4. The van der Waals surface area contributed by atoms with Crippen LogP contribution in [-0.2, 0) is 10.0 Å². The summed E-state index contributed by atoms with van der Waals surface area (Å²) in [5.74, 6) is 0.208. The molecular formula is C23H41NO3S. The molecule has 0 fully saturated rings. The number of phenols is 1. The van der Waals surface area contributed by atoms with Crippen molar-refractivity contribution in [3.63, 3.8) is 0 Å². The molecule has 0 aliphatic rings. The van der Waals surface area contributed by atoms with Crippen LogP contribution in [0.4, 0.5) is 5.69 Å². The van der Waals surface area contributed by atoms with Gasteiger partial charge in [0.05, 0.1) is 11.4 Å². The Morgan fingerprint density at radius 2 is 1.25 bits per heavy atom. The fourth-order valence-corrected chi connectivity index (χ4v) is 4.67. The zero-order chi connectivity index (χ0) is 20.7. The van der Waals surface area contributed by atoms with Crippen molar-refractivity contribution in [1.29, 1.82) is 0 Å². The highest BCUT2D eigenvalue weighted by molar-refractivity contribution is 7.92. The molecule has 0 aliphatic carbocycles. The van der Waals surface area contributed by atoms with Gasteiger partial charge in [0.25, 0.3) is 0 Å². The maximum Gasteiger partial charge on any atom is 0.232 e. The van der Waals surface area contributed by atoms with Crippen molar-refractivity contribution < 1.29 is 13.5 Å². The molecule has 0 amide bonds. The number of rotatable bonds is 17. The van der Waals surface area contributed by atoms with Crippen LogP contribution in [0, 0.1) is 6.92 Å². The fraction of sp³-hybridized carbons (Fsp3) is 0.739. The van der Waals surface area contributed by atoms with Crippen molar-refractivity contribution in [2.75, 3.05) is 10.5 Å². The van der Waals surface area contributed by atoms with Crippen LogP contribution in [0.3, 0.4) is 0 Å². The second-order valence-electron chi connectivity index (χ2n) is 8.02. The predicted molar refractivity (Wildman–Crippen MR) is 121 cm³/mol. The van der Waals surface area contributed by atoms with Gasteiger partial charge in [0.2, 0.25) is 10.0 Å². The number of phenolic OH excluding ortho intramolecular Hbond substituents is 1. The molecule has 162 valence electrons. The summed E-state index contributed by atoms with van der Waals surface area (Å²) in [4.78, 5) is 0. The molecule has 1 aromatic rings. The summed E-state index contributed by atoms with van der Waals surface area (Å²) in [6.45, 7) is 4.08. The molecule has 0 atom stereocenters. The molecule has 0 heterocycles. The molecule has 0 saturated heterocycles. The molecule has 0 bridgehead atoms. The second-order valence-corrected chi connectivity index (χ2v) is 9.86. The van der Waals surface area contributed by atoms with Gasteiger partial charge < -0.3 is 5.11 Å². The van der Waals surface area contributed by atoms with Crippen LogP contribution >= 0.6 is 0 Å². The van der Waals surface area contributed by atoms with Gasteiger partial charge in [-0.1, -0.05) is 96.5 Å². The van der Waals surface area contributed by atoms with Crippen molar-refractivity contribution in [1.82, 2.24) is 0 Å². The van der Waals surface area contributed by atoms with Crippen LogP contribution in [0.15, 0.2) is 18.2 Å². The summed E-state index contributed by atoms with van der Waals surface area (Å²) >= 11 is 0. The molecule has 0 saturated carbocycles. The lowest BCUT2D eigenvalue weighted by Crippen LogP contribution is -2.17. The molecule has 0 radical (unpaired) electrons. The van der Waals surface area contributed by atoms with Gasteiger partial charge in [0.1, 0.15) is 5.75 Å². The second kappa shape index (κ2) is 14.7. The maximum absolute atomic E-state index is 12.2. The molecule has 0 spiro atoms. The van der Waals surface area contributed by atoms with E-state index in [1.165, 1.54) is 76.7 Å². The lowest BCUT2D eigenvalue weighted by molar-refractivity contribution is 0.475. The Labute approximate surface area is 173 Å². The number of aryl methyl sites for hydroxylation is 1. The van der Waals surface area contributed by atoms with Gasteiger partial charge in [-0.05, 0) is 25.0 Å². The maximum atomic E-state index is 12.2. The van der Waals surface area contributed by atoms with Crippen molar-refractivity contribution >= 4 is 15.7 Å². The van der Waals surface area contributed by atoms with Crippen molar-refractivity contribution in [3.05, 3.63) is 23.8 Å². The predicted octanol–water partition coefficient (Wildman–Crippen LogP) is 6.92. The number of unbranched alkanes of at least 4 members (excludes halogenated alkanes) is 13. The molecule has 0 aliphatic heterocycles. The molecule has 1 rings (SSSR count). The summed E-state index contributed by atoms with van der Waals surface area (Å²) in [5.41, 5.74) is 1.27. The summed E-state index contributed by atoms with van der Waals surface area (Å²) in [5, 5.41) is 9.51. The molecule has 0 unspecified atom stereocenters. The third-order valence-corrected chi connectivity index (χ3v) is 6.61. The van der Waals surface area contributed by atoms with Crippen LogP contribution in [0.5, 0.6) is 5.75 Å². The van der Waals surface area contributed by atoms with E-state index in [1.807, 2.05) is 6.92 Å². The quantitative estimate of drug-likeness (QED) is 0.273. The summed E-state index contributed by atoms with van der Waals surface area (Å²) in [6, 6.07) is 4.72. The standard InChI is InChI=1S/C23H41NO3S/c1-3-4-5-6-7-8-9-10-11-12-13-14-15-16-19-28(26,27)24-23-20-22(25)18-17-21(23)2/h17-18,20,24-25H,3-16,19H2,1-2H3. The summed E-state index contributed by atoms with van der Waals surface area (Å²) < 4.78 is 27.0. The minimum Gasteiger partial charge on any atom is -0.508 e. The van der Waals surface area contributed by atoms with Gasteiger partial charge in [-0.25, -0.2) is 8.42 Å². The van der Waals surface area contributed by atoms with Crippen molar-refractivity contribution in [3.8, 4) is 5.75 Å². The van der Waals surface area contributed by atoms with E-state index in [0.29, 0.717) is 12.1 Å². The zero-order valence-electron chi connectivity index (χ0n) is 18.0. The Bertz CT molecular complexity index is 629. The van der Waals surface area contributed by atoms with Crippen LogP contribution in [0.1, 0.15) is 102 Å². The molecule has 4 nitrogen and oxygen atoms in total. The van der Waals surface area contributed by atoms with Gasteiger partial charge in [0.15, 0.2) is 0 Å². The lowest BCUT2D eigenvalue weighted by Gasteiger charge is -2.11. The van der Waals surface area contributed by atoms with E-state index in [4.69, 9.17) is 0 Å². The number of benzene rings is 1. The minimum atomic E-state index is -3.35. The molecule has 1 aromatic carbocycles. The number of anilines is 1. The van der Waals surface area contributed by atoms with Gasteiger partial charge in [-0.2, -0.15) is 0 Å². The first-order valence-electron chi connectivity index (χ1n) is 11.2. The van der Waals surface area contributed by atoms with Gasteiger partial charge in [0, 0.05) is 6.07 Å². The van der Waals surface area contributed by atoms with Crippen LogP contribution < -0.4 is 4.72 Å². The van der Waals surface area contributed by atoms with Gasteiger partial charge in [-0.3, -0.25) is 4.72 Å². The van der Waals surface area contributed by atoms with E-state index in [2.05, 4.69) is 11.6 Å². The Hall–Kier alpha value is -1.23. The number of hydrogen-bond donors (Lipinski definition) is 2. The highest BCUT2D eigenvalue weighted by atomic mass is 32.2. The zero-order valence-corrected chi connectivity index (χ0v) is 18.8. The largest absolute Gasteiger partial charge is 0.508 e. The Morgan fingerprint density at radius 3 is 1.75 bits per heavy atom. The van der Waals surface area contributed by atoms with Crippen molar-refractivity contribution in [2.24, 2.45) is 0 Å². The van der Waals surface area contributed by atoms with Crippen LogP contribution in [0.2, 0.25) is 0 Å². The van der Waals surface area contributed by atoms with E-state index in [1.54, 1.807) is 12.1 Å². The highest BCUT2D eigenvalue weighted by Crippen LogP contribution is 2.22. The van der Waals surface area contributed by atoms with Crippen LogP contribution in [0.25, 0.3) is 0 Å². The number of aromatic hydroxyl groups is 1. The lowest BCUT2D eigenvalue weighted by atomic mass is 10.0. The number of nitrogens with one attached hydrogen (secondary N) is 1. The Morgan fingerprint density at radius 1 is 0.786 bits per heavy atom. The average molecular weight is 412 g/mol. The third-order valence-electron chi connectivity index (χ3n) is 5.25. The molecule has 5 heteroatoms. The first kappa shape index (κ1) is 24.8. The highest BCUT2D eigenvalue weighted by Gasteiger charge is 2.12. The molecular weight excluding hydrogens is 370 g/mol. The minimum absolute atomic E-state index is 0.0693. The van der Waals surface area contributed by atoms with Crippen LogP contribution in [-0.4, -0.2) is 19.3 Å². The van der Waals surface area contributed by atoms with E-state index >= 15 is 0 Å². The fourth-order valence-electron chi connectivity index (χ4n) is 3.43. The summed E-state index contributed by atoms with van der Waals surface area (Å²) in [6.07, 6.45) is 17.5. The molecule has 0 aromatic heterocycles. The average Bonchev–Trinajstić information content (AvgIpc) is 2.64. The topological polar surface area (TPSA) is 66.4 Å². The van der Waals surface area contributed by atoms with E-state index in [-0.39, 0.29) is 11.5 Å². The Balaban J connectivity index is 2.00. The van der Waals surface area contributed by atoms with Gasteiger partial charge >= 0.3 is 0 Å². The summed E-state index contributed by atoms with van der Waals surface area (Å²) in [7, 11) is -3.35. The van der Waals surface area contributed by atoms with E-state index in [9.17, 15) is 13.5 Å². The van der Waals surface area contributed by atoms with E-state index in [0.717, 1.165) is 18.4 Å². The normalized spacial score (nSPS) is 11.6. The monoisotopic (exact) mass is 411 g/mol. The Kier molecular flexibility index (Phi) is 13.0. The third kappa shape index (κ3) is 12.3. The number of sulfonamides is 1. The first-order valence-corrected chi connectivity index (χ1v) is 12.9. The number of hydrogen-bond acceptors (Lipinski definition) is 3. The SMILES string of the molecule is CCCCCCCCCCCCCCCCS(=O)(=O)Nc1cc(O)ccc1C.